The van der Waals surface area contributed by atoms with Gasteiger partial charge in [0.15, 0.2) is 0 Å². The van der Waals surface area contributed by atoms with Gasteiger partial charge in [-0.05, 0) is 64.1 Å². The van der Waals surface area contributed by atoms with Crippen LogP contribution in [0.4, 0.5) is 4.79 Å². The van der Waals surface area contributed by atoms with E-state index in [2.05, 4.69) is 11.5 Å². The first-order chi connectivity index (χ1) is 11.3. The number of hydrogen-bond donors (Lipinski definition) is 0. The van der Waals surface area contributed by atoms with E-state index in [1.165, 1.54) is 6.92 Å². The van der Waals surface area contributed by atoms with Gasteiger partial charge >= 0.3 is 5.97 Å². The zero-order chi connectivity index (χ0) is 18.0. The van der Waals surface area contributed by atoms with E-state index in [1.54, 1.807) is 13.0 Å². The second-order valence-corrected chi connectivity index (χ2v) is 6.54. The van der Waals surface area contributed by atoms with Crippen molar-refractivity contribution in [2.45, 2.75) is 47.2 Å². The fourth-order valence-corrected chi connectivity index (χ4v) is 3.68. The molecule has 0 radical (unpaired) electrons. The monoisotopic (exact) mass is 350 g/mol. The molecule has 0 saturated carbocycles. The third-order valence-electron chi connectivity index (χ3n) is 4.05. The molecular formula is C17H22N2O4S. The largest absolute Gasteiger partial charge is 0.464 e. The highest BCUT2D eigenvalue weighted by molar-refractivity contribution is 8.18. The zero-order valence-electron chi connectivity index (χ0n) is 14.6. The maximum Gasteiger partial charge on any atom is 0.329 e. The summed E-state index contributed by atoms with van der Waals surface area (Å²) in [7, 11) is 0. The zero-order valence-corrected chi connectivity index (χ0v) is 15.4. The molecule has 0 aromatic carbocycles. The first-order valence-corrected chi connectivity index (χ1v) is 8.73. The molecule has 1 aromatic rings. The summed E-state index contributed by atoms with van der Waals surface area (Å²) < 4.78 is 7.04. The summed E-state index contributed by atoms with van der Waals surface area (Å²) in [6.45, 7) is 10.3. The topological polar surface area (TPSA) is 68.6 Å². The van der Waals surface area contributed by atoms with E-state index in [9.17, 15) is 14.4 Å². The molecule has 1 saturated heterocycles. The first-order valence-electron chi connectivity index (χ1n) is 7.92. The highest BCUT2D eigenvalue weighted by Gasteiger charge is 2.41. The first kappa shape index (κ1) is 18.3. The van der Waals surface area contributed by atoms with Crippen LogP contribution in [-0.2, 0) is 20.9 Å². The van der Waals surface area contributed by atoms with Crippen molar-refractivity contribution in [3.05, 3.63) is 27.9 Å². The summed E-state index contributed by atoms with van der Waals surface area (Å²) >= 11 is 0.853. The lowest BCUT2D eigenvalue weighted by Crippen LogP contribution is -2.42. The molecule has 24 heavy (non-hydrogen) atoms. The smallest absolute Gasteiger partial charge is 0.329 e. The van der Waals surface area contributed by atoms with Gasteiger partial charge in [-0.3, -0.25) is 14.5 Å². The molecule has 0 unspecified atom stereocenters. The van der Waals surface area contributed by atoms with Gasteiger partial charge in [0.25, 0.3) is 11.1 Å². The summed E-state index contributed by atoms with van der Waals surface area (Å²) in [6, 6.07) is 1.06. The summed E-state index contributed by atoms with van der Waals surface area (Å²) in [5.74, 6) is -1.03. The lowest BCUT2D eigenvalue weighted by Gasteiger charge is -2.19. The number of carbonyl (C=O) groups is 3. The number of ether oxygens (including phenoxy) is 1. The minimum Gasteiger partial charge on any atom is -0.464 e. The Kier molecular flexibility index (Phi) is 5.54. The number of amides is 2. The summed E-state index contributed by atoms with van der Waals surface area (Å²) in [5, 5.41) is -0.448. The van der Waals surface area contributed by atoms with Gasteiger partial charge in [0, 0.05) is 17.9 Å². The molecule has 1 aliphatic heterocycles. The molecule has 2 amide bonds. The third kappa shape index (κ3) is 3.26. The highest BCUT2D eigenvalue weighted by Crippen LogP contribution is 2.34. The van der Waals surface area contributed by atoms with E-state index in [0.29, 0.717) is 4.91 Å². The predicted octanol–water partition coefficient (Wildman–Crippen LogP) is 3.11. The fourth-order valence-electron chi connectivity index (χ4n) is 2.78. The second kappa shape index (κ2) is 7.25. The van der Waals surface area contributed by atoms with Crippen LogP contribution in [-0.4, -0.2) is 39.2 Å². The average molecular weight is 350 g/mol. The molecule has 130 valence electrons. The molecule has 7 heteroatoms. The Morgan fingerprint density at radius 1 is 1.33 bits per heavy atom. The van der Waals surface area contributed by atoms with Gasteiger partial charge < -0.3 is 9.30 Å². The van der Waals surface area contributed by atoms with Crippen LogP contribution in [0.15, 0.2) is 11.0 Å². The van der Waals surface area contributed by atoms with E-state index in [4.69, 9.17) is 4.74 Å². The van der Waals surface area contributed by atoms with Crippen molar-refractivity contribution in [3.63, 3.8) is 0 Å². The van der Waals surface area contributed by atoms with Gasteiger partial charge in [0.05, 0.1) is 11.5 Å². The quantitative estimate of drug-likeness (QED) is 0.603. The van der Waals surface area contributed by atoms with Crippen molar-refractivity contribution in [1.82, 2.24) is 9.47 Å². The number of nitrogens with zero attached hydrogens (tertiary/aromatic N) is 2. The van der Waals surface area contributed by atoms with Crippen molar-refractivity contribution in [3.8, 4) is 0 Å². The number of aryl methyl sites for hydroxylation is 1. The summed E-state index contributed by atoms with van der Waals surface area (Å²) in [4.78, 5) is 37.8. The van der Waals surface area contributed by atoms with Gasteiger partial charge in [0.2, 0.25) is 0 Å². The Bertz CT molecular complexity index is 720. The Balaban J connectivity index is 2.30. The third-order valence-corrected chi connectivity index (χ3v) is 4.94. The number of thioether (sulfide) groups is 1. The minimum absolute atomic E-state index is 0.207. The van der Waals surface area contributed by atoms with Crippen LogP contribution < -0.4 is 0 Å². The number of imide groups is 1. The molecule has 6 nitrogen and oxygen atoms in total. The van der Waals surface area contributed by atoms with Crippen molar-refractivity contribution in [2.75, 3.05) is 6.61 Å². The highest BCUT2D eigenvalue weighted by atomic mass is 32.2. The van der Waals surface area contributed by atoms with Gasteiger partial charge in [-0.25, -0.2) is 4.79 Å². The number of hydrogen-bond acceptors (Lipinski definition) is 5. The van der Waals surface area contributed by atoms with E-state index in [0.717, 1.165) is 40.2 Å². The van der Waals surface area contributed by atoms with E-state index < -0.39 is 23.2 Å². The fraction of sp³-hybridized carbons (Fsp3) is 0.471. The van der Waals surface area contributed by atoms with Crippen molar-refractivity contribution in [2.24, 2.45) is 0 Å². The molecule has 1 atom stereocenters. The van der Waals surface area contributed by atoms with Gasteiger partial charge in [0.1, 0.15) is 6.04 Å². The normalized spacial score (nSPS) is 17.7. The van der Waals surface area contributed by atoms with Crippen LogP contribution in [0.1, 0.15) is 37.7 Å². The molecule has 2 rings (SSSR count). The Morgan fingerprint density at radius 2 is 2.00 bits per heavy atom. The van der Waals surface area contributed by atoms with Gasteiger partial charge in [-0.15, -0.1) is 0 Å². The lowest BCUT2D eigenvalue weighted by molar-refractivity contribution is -0.150. The SMILES string of the molecule is CCOC(=O)[C@@H](C)N1C(=O)S/C(=C/c2cc(C)n(CC)c2C)C1=O. The van der Waals surface area contributed by atoms with Crippen molar-refractivity contribution < 1.29 is 19.1 Å². The number of carbonyl (C=O) groups excluding carboxylic acids is 3. The maximum absolute atomic E-state index is 12.5. The van der Waals surface area contributed by atoms with E-state index in [1.807, 2.05) is 19.9 Å². The minimum atomic E-state index is -0.925. The van der Waals surface area contributed by atoms with E-state index >= 15 is 0 Å². The van der Waals surface area contributed by atoms with Crippen molar-refractivity contribution in [1.29, 1.82) is 0 Å². The van der Waals surface area contributed by atoms with Crippen LogP contribution in [0.25, 0.3) is 6.08 Å². The van der Waals surface area contributed by atoms with Gasteiger partial charge in [-0.1, -0.05) is 0 Å². The van der Waals surface area contributed by atoms with Gasteiger partial charge in [-0.2, -0.15) is 0 Å². The Hall–Kier alpha value is -2.02. The number of esters is 1. The average Bonchev–Trinajstić information content (AvgIpc) is 2.95. The number of rotatable bonds is 5. The van der Waals surface area contributed by atoms with Crippen LogP contribution in [0.2, 0.25) is 0 Å². The summed E-state index contributed by atoms with van der Waals surface area (Å²) in [5.41, 5.74) is 3.05. The molecular weight excluding hydrogens is 328 g/mol. The molecule has 0 N–H and O–H groups in total. The molecule has 1 fully saturated rings. The lowest BCUT2D eigenvalue weighted by atomic mass is 10.2. The van der Waals surface area contributed by atoms with Crippen LogP contribution in [0.5, 0.6) is 0 Å². The standard InChI is InChI=1S/C17H22N2O4S/c1-6-18-10(3)8-13(11(18)4)9-14-15(20)19(17(22)24-14)12(5)16(21)23-7-2/h8-9,12H,6-7H2,1-5H3/b14-9+/t12-/m1/s1. The molecule has 2 heterocycles. The molecule has 0 bridgehead atoms. The molecule has 0 aliphatic carbocycles. The Morgan fingerprint density at radius 3 is 2.54 bits per heavy atom. The van der Waals surface area contributed by atoms with Crippen LogP contribution >= 0.6 is 11.8 Å². The van der Waals surface area contributed by atoms with E-state index in [-0.39, 0.29) is 6.61 Å². The van der Waals surface area contributed by atoms with Crippen molar-refractivity contribution >= 4 is 35.0 Å². The predicted molar refractivity (Wildman–Crippen MR) is 93.5 cm³/mol. The van der Waals surface area contributed by atoms with Crippen LogP contribution in [0.3, 0.4) is 0 Å². The Labute approximate surface area is 145 Å². The second-order valence-electron chi connectivity index (χ2n) is 5.55. The van der Waals surface area contributed by atoms with Crippen LogP contribution in [0, 0.1) is 13.8 Å². The molecule has 1 aliphatic rings. The summed E-state index contributed by atoms with van der Waals surface area (Å²) in [6.07, 6.45) is 1.72. The number of aromatic nitrogens is 1. The molecule has 0 spiro atoms. The maximum atomic E-state index is 12.5. The molecule has 1 aromatic heterocycles.